The fraction of sp³-hybridized carbons (Fsp3) is 0.562. The molecule has 1 fully saturated rings. The van der Waals surface area contributed by atoms with Gasteiger partial charge in [-0.2, -0.15) is 5.10 Å². The lowest BCUT2D eigenvalue weighted by Crippen LogP contribution is -2.46. The summed E-state index contributed by atoms with van der Waals surface area (Å²) in [5.41, 5.74) is 8.75. The predicted molar refractivity (Wildman–Crippen MR) is 170 cm³/mol. The largest absolute Gasteiger partial charge is 0.493 e. The molecule has 3 unspecified atom stereocenters. The Morgan fingerprint density at radius 1 is 0.976 bits per heavy atom. The third kappa shape index (κ3) is 8.10. The normalized spacial score (nSPS) is 19.3. The average molecular weight is 620 g/mol. The van der Waals surface area contributed by atoms with Gasteiger partial charge in [-0.05, 0) is 68.1 Å². The van der Waals surface area contributed by atoms with Gasteiger partial charge >= 0.3 is 0 Å². The van der Waals surface area contributed by atoms with Crippen molar-refractivity contribution < 1.29 is 19.4 Å². The maximum Gasteiger partial charge on any atom is 0.246 e. The summed E-state index contributed by atoms with van der Waals surface area (Å²) in [4.78, 5) is 13.3. The van der Waals surface area contributed by atoms with E-state index in [-0.39, 0.29) is 17.7 Å². The lowest BCUT2D eigenvalue weighted by atomic mass is 9.73. The molecule has 2 aromatic rings. The molecule has 10 heteroatoms. The number of aliphatic hydroxyl groups excluding tert-OH is 1. The SMILES string of the molecule is COc1ccc(C2=NN(CCCCCCCCNCC(O)c3cc(Cl)c(N)c(Cl)c3)C(=O)C3CCCCC23)cc1OC. The molecule has 1 saturated carbocycles. The summed E-state index contributed by atoms with van der Waals surface area (Å²) in [7, 11) is 3.27. The number of nitrogens with one attached hydrogen (secondary N) is 1. The summed E-state index contributed by atoms with van der Waals surface area (Å²) in [5.74, 6) is 1.72. The number of amides is 1. The van der Waals surface area contributed by atoms with E-state index in [0.717, 1.165) is 82.0 Å². The number of benzene rings is 2. The van der Waals surface area contributed by atoms with E-state index < -0.39 is 6.10 Å². The number of unbranched alkanes of at least 4 members (excludes halogenated alkanes) is 5. The predicted octanol–water partition coefficient (Wildman–Crippen LogP) is 6.61. The van der Waals surface area contributed by atoms with Gasteiger partial charge in [-0.15, -0.1) is 0 Å². The van der Waals surface area contributed by atoms with Crippen molar-refractivity contribution in [3.05, 3.63) is 51.5 Å². The monoisotopic (exact) mass is 618 g/mol. The average Bonchev–Trinajstić information content (AvgIpc) is 3.01. The van der Waals surface area contributed by atoms with Crippen LogP contribution in [0.4, 0.5) is 5.69 Å². The maximum atomic E-state index is 13.3. The first-order chi connectivity index (χ1) is 20.3. The first-order valence-electron chi connectivity index (χ1n) is 15.1. The minimum Gasteiger partial charge on any atom is -0.493 e. The summed E-state index contributed by atoms with van der Waals surface area (Å²) >= 11 is 12.1. The summed E-state index contributed by atoms with van der Waals surface area (Å²) < 4.78 is 11.0. The van der Waals surface area contributed by atoms with E-state index in [4.69, 9.17) is 43.5 Å². The molecule has 0 bridgehead atoms. The molecule has 0 spiro atoms. The molecule has 1 aliphatic carbocycles. The number of fused-ring (bicyclic) bond motifs is 1. The van der Waals surface area contributed by atoms with Crippen LogP contribution < -0.4 is 20.5 Å². The van der Waals surface area contributed by atoms with Crippen LogP contribution >= 0.6 is 23.2 Å². The van der Waals surface area contributed by atoms with Crippen LogP contribution in [0.25, 0.3) is 0 Å². The molecule has 0 aromatic heterocycles. The topological polar surface area (TPSA) is 109 Å². The number of ether oxygens (including phenoxy) is 2. The van der Waals surface area contributed by atoms with E-state index in [2.05, 4.69) is 5.32 Å². The summed E-state index contributed by atoms with van der Waals surface area (Å²) in [6.07, 6.45) is 9.83. The molecular formula is C32H44Cl2N4O4. The Hall–Kier alpha value is -2.52. The number of nitrogens with two attached hydrogens (primary N) is 1. The minimum absolute atomic E-state index is 0.0133. The number of aliphatic hydroxyl groups is 1. The number of carbonyl (C=O) groups excluding carboxylic acids is 1. The lowest BCUT2D eigenvalue weighted by molar-refractivity contribution is -0.139. The molecule has 1 heterocycles. The Balaban J connectivity index is 1.19. The van der Waals surface area contributed by atoms with Crippen molar-refractivity contribution in [2.24, 2.45) is 16.9 Å². The lowest BCUT2D eigenvalue weighted by Gasteiger charge is -2.38. The number of anilines is 1. The van der Waals surface area contributed by atoms with Crippen LogP contribution in [0.1, 0.15) is 81.4 Å². The van der Waals surface area contributed by atoms with Crippen molar-refractivity contribution in [1.29, 1.82) is 0 Å². The summed E-state index contributed by atoms with van der Waals surface area (Å²) in [5, 5.41) is 21.1. The Morgan fingerprint density at radius 3 is 2.31 bits per heavy atom. The zero-order valence-electron chi connectivity index (χ0n) is 24.7. The second-order valence-electron chi connectivity index (χ2n) is 11.3. The van der Waals surface area contributed by atoms with Gasteiger partial charge in [0.15, 0.2) is 11.5 Å². The molecule has 0 radical (unpaired) electrons. The molecule has 4 rings (SSSR count). The summed E-state index contributed by atoms with van der Waals surface area (Å²) in [6, 6.07) is 9.23. The highest BCUT2D eigenvalue weighted by Gasteiger charge is 2.41. The maximum absolute atomic E-state index is 13.3. The molecule has 42 heavy (non-hydrogen) atoms. The van der Waals surface area contributed by atoms with E-state index >= 15 is 0 Å². The van der Waals surface area contributed by atoms with Crippen molar-refractivity contribution >= 4 is 40.5 Å². The molecule has 2 aliphatic rings. The van der Waals surface area contributed by atoms with Crippen molar-refractivity contribution in [3.63, 3.8) is 0 Å². The quantitative estimate of drug-likeness (QED) is 0.153. The first-order valence-corrected chi connectivity index (χ1v) is 15.8. The Kier molecular flexibility index (Phi) is 12.2. The molecule has 2 aromatic carbocycles. The highest BCUT2D eigenvalue weighted by Crippen LogP contribution is 2.39. The Labute approximate surface area is 259 Å². The first kappa shape index (κ1) is 32.4. The van der Waals surface area contributed by atoms with Crippen molar-refractivity contribution in [3.8, 4) is 11.5 Å². The molecule has 230 valence electrons. The van der Waals surface area contributed by atoms with E-state index in [9.17, 15) is 9.90 Å². The molecule has 1 aliphatic heterocycles. The van der Waals surface area contributed by atoms with Crippen LogP contribution in [0.3, 0.4) is 0 Å². The molecule has 4 N–H and O–H groups in total. The van der Waals surface area contributed by atoms with Crippen LogP contribution in [0.5, 0.6) is 11.5 Å². The molecule has 0 saturated heterocycles. The zero-order chi connectivity index (χ0) is 30.1. The zero-order valence-corrected chi connectivity index (χ0v) is 26.2. The number of halogens is 2. The van der Waals surface area contributed by atoms with E-state index in [1.54, 1.807) is 31.4 Å². The third-order valence-electron chi connectivity index (χ3n) is 8.39. The van der Waals surface area contributed by atoms with Gasteiger partial charge in [-0.3, -0.25) is 4.79 Å². The highest BCUT2D eigenvalue weighted by molar-refractivity contribution is 6.38. The summed E-state index contributed by atoms with van der Waals surface area (Å²) in [6.45, 7) is 1.90. The van der Waals surface area contributed by atoms with Crippen LogP contribution in [0.15, 0.2) is 35.4 Å². The third-order valence-corrected chi connectivity index (χ3v) is 9.02. The number of hydrogen-bond donors (Lipinski definition) is 3. The fourth-order valence-corrected chi connectivity index (χ4v) is 6.50. The minimum atomic E-state index is -0.697. The molecule has 1 amide bonds. The number of nitrogen functional groups attached to an aromatic ring is 1. The van der Waals surface area contributed by atoms with Gasteiger partial charge in [0, 0.05) is 30.5 Å². The van der Waals surface area contributed by atoms with Gasteiger partial charge in [-0.25, -0.2) is 5.01 Å². The van der Waals surface area contributed by atoms with E-state index in [0.29, 0.717) is 45.9 Å². The number of hydrogen-bond acceptors (Lipinski definition) is 7. The second-order valence-corrected chi connectivity index (χ2v) is 12.1. The van der Waals surface area contributed by atoms with Gasteiger partial charge in [-0.1, -0.05) is 61.7 Å². The van der Waals surface area contributed by atoms with Crippen LogP contribution in [0, 0.1) is 11.8 Å². The van der Waals surface area contributed by atoms with Crippen molar-refractivity contribution in [1.82, 2.24) is 10.3 Å². The van der Waals surface area contributed by atoms with Crippen LogP contribution in [-0.4, -0.2) is 55.6 Å². The molecule has 3 atom stereocenters. The van der Waals surface area contributed by atoms with Gasteiger partial charge in [0.05, 0.1) is 41.8 Å². The number of methoxy groups -OCH3 is 2. The Bertz CT molecular complexity index is 1220. The number of hydrazone groups is 1. The standard InChI is InChI=1S/C32H44Cl2N4O4/c1-41-28-14-13-21(19-29(28)42-2)31-23-11-7-8-12-24(23)32(40)38(37-31)16-10-6-4-3-5-9-15-36-20-27(39)22-17-25(33)30(35)26(34)18-22/h13-14,17-19,23-24,27,36,39H,3-12,15-16,20,35H2,1-2H3. The van der Waals surface area contributed by atoms with Crippen molar-refractivity contribution in [2.75, 3.05) is 39.6 Å². The van der Waals surface area contributed by atoms with Crippen molar-refractivity contribution in [2.45, 2.75) is 70.3 Å². The fourth-order valence-electron chi connectivity index (χ4n) is 6.00. The van der Waals surface area contributed by atoms with Gasteiger partial charge in [0.2, 0.25) is 5.91 Å². The number of nitrogens with zero attached hydrogens (tertiary/aromatic N) is 2. The smallest absolute Gasteiger partial charge is 0.246 e. The molecule has 8 nitrogen and oxygen atoms in total. The van der Waals surface area contributed by atoms with E-state index in [1.165, 1.54) is 0 Å². The van der Waals surface area contributed by atoms with Crippen LogP contribution in [-0.2, 0) is 4.79 Å². The van der Waals surface area contributed by atoms with Crippen LogP contribution in [0.2, 0.25) is 10.0 Å². The van der Waals surface area contributed by atoms with Gasteiger partial charge in [0.1, 0.15) is 0 Å². The number of carbonyl (C=O) groups is 1. The van der Waals surface area contributed by atoms with Gasteiger partial charge < -0.3 is 25.6 Å². The molecular weight excluding hydrogens is 575 g/mol. The second kappa shape index (κ2) is 15.8. The Morgan fingerprint density at radius 2 is 1.62 bits per heavy atom. The van der Waals surface area contributed by atoms with Gasteiger partial charge in [0.25, 0.3) is 0 Å². The number of rotatable bonds is 15. The van der Waals surface area contributed by atoms with E-state index in [1.807, 2.05) is 18.2 Å². The highest BCUT2D eigenvalue weighted by atomic mass is 35.5.